The van der Waals surface area contributed by atoms with Gasteiger partial charge in [-0.3, -0.25) is 4.98 Å². The van der Waals surface area contributed by atoms with Crippen LogP contribution in [-0.4, -0.2) is 4.98 Å². The minimum absolute atomic E-state index is 0.910. The second-order valence-electron chi connectivity index (χ2n) is 10.4. The summed E-state index contributed by atoms with van der Waals surface area (Å²) in [6.45, 7) is 0. The number of rotatable bonds is 0. The molecule has 1 aromatic heterocycles. The van der Waals surface area contributed by atoms with Crippen molar-refractivity contribution in [2.45, 2.75) is 25.7 Å². The van der Waals surface area contributed by atoms with Crippen LogP contribution in [0.3, 0.4) is 0 Å². The van der Waals surface area contributed by atoms with Gasteiger partial charge < -0.3 is 4.90 Å². The molecule has 2 aliphatic heterocycles. The van der Waals surface area contributed by atoms with E-state index in [0.29, 0.717) is 0 Å². The van der Waals surface area contributed by atoms with Crippen molar-refractivity contribution in [3.63, 3.8) is 0 Å². The van der Waals surface area contributed by atoms with Crippen molar-refractivity contribution in [1.82, 2.24) is 4.98 Å². The molecule has 2 aliphatic carbocycles. The molecule has 0 fully saturated rings. The first kappa shape index (κ1) is 18.2. The first-order valence-electron chi connectivity index (χ1n) is 12.6. The van der Waals surface area contributed by atoms with Gasteiger partial charge in [-0.25, -0.2) is 0 Å². The summed E-state index contributed by atoms with van der Waals surface area (Å²) in [6, 6.07) is 29.8. The molecule has 4 aromatic carbocycles. The van der Waals surface area contributed by atoms with E-state index in [1.807, 2.05) is 6.20 Å². The minimum Gasteiger partial charge on any atom is -0.308 e. The number of pyridine rings is 1. The van der Waals surface area contributed by atoms with Gasteiger partial charge in [0.2, 0.25) is 0 Å². The van der Waals surface area contributed by atoms with Crippen molar-refractivity contribution in [3.8, 4) is 22.3 Å². The van der Waals surface area contributed by atoms with Crippen LogP contribution in [-0.2, 0) is 25.7 Å². The maximum Gasteiger partial charge on any atom is 0.0716 e. The lowest BCUT2D eigenvalue weighted by Gasteiger charge is -2.39. The van der Waals surface area contributed by atoms with Crippen LogP contribution in [0.1, 0.15) is 44.6 Å². The second-order valence-corrected chi connectivity index (χ2v) is 10.4. The Balaban J connectivity index is 1.30. The summed E-state index contributed by atoms with van der Waals surface area (Å²) in [5, 5.41) is 0. The third kappa shape index (κ3) is 2.27. The minimum atomic E-state index is 0.910. The maximum atomic E-state index is 4.81. The summed E-state index contributed by atoms with van der Waals surface area (Å²) in [6.07, 6.45) is 5.93. The third-order valence-electron chi connectivity index (χ3n) is 8.52. The van der Waals surface area contributed by atoms with E-state index in [1.165, 1.54) is 84.0 Å². The topological polar surface area (TPSA) is 16.1 Å². The van der Waals surface area contributed by atoms with Crippen LogP contribution in [0.15, 0.2) is 85.1 Å². The van der Waals surface area contributed by atoms with Crippen molar-refractivity contribution < 1.29 is 0 Å². The van der Waals surface area contributed by atoms with Crippen molar-refractivity contribution >= 4 is 17.1 Å². The Kier molecular flexibility index (Phi) is 3.27. The summed E-state index contributed by atoms with van der Waals surface area (Å²) >= 11 is 0. The zero-order valence-corrected chi connectivity index (χ0v) is 19.3. The molecular weight excluding hydrogens is 424 g/mol. The smallest absolute Gasteiger partial charge is 0.0716 e. The number of para-hydroxylation sites is 1. The second kappa shape index (κ2) is 6.28. The van der Waals surface area contributed by atoms with Gasteiger partial charge in [0.05, 0.1) is 17.1 Å². The highest BCUT2D eigenvalue weighted by Crippen LogP contribution is 2.54. The molecule has 0 saturated heterocycles. The molecule has 3 heterocycles. The lowest BCUT2D eigenvalue weighted by Crippen LogP contribution is -2.25. The quantitative estimate of drug-likeness (QED) is 0.240. The number of fused-ring (bicyclic) bond motifs is 11. The molecule has 0 spiro atoms. The van der Waals surface area contributed by atoms with E-state index in [1.54, 1.807) is 0 Å². The summed E-state index contributed by atoms with van der Waals surface area (Å²) in [7, 11) is 0. The van der Waals surface area contributed by atoms with Gasteiger partial charge in [-0.1, -0.05) is 54.6 Å². The van der Waals surface area contributed by atoms with E-state index < -0.39 is 0 Å². The Labute approximate surface area is 204 Å². The fourth-order valence-electron chi connectivity index (χ4n) is 7.05. The Morgan fingerprint density at radius 3 is 2.17 bits per heavy atom. The summed E-state index contributed by atoms with van der Waals surface area (Å²) in [5.41, 5.74) is 21.0. The Morgan fingerprint density at radius 2 is 1.26 bits per heavy atom. The van der Waals surface area contributed by atoms with Crippen LogP contribution in [0, 0.1) is 0 Å². The first-order valence-corrected chi connectivity index (χ1v) is 12.6. The van der Waals surface area contributed by atoms with Gasteiger partial charge in [-0.05, 0) is 98.3 Å². The predicted molar refractivity (Wildman–Crippen MR) is 141 cm³/mol. The summed E-state index contributed by atoms with van der Waals surface area (Å²) in [4.78, 5) is 7.31. The van der Waals surface area contributed by atoms with Crippen LogP contribution in [0.4, 0.5) is 17.1 Å². The maximum absolute atomic E-state index is 4.81. The highest BCUT2D eigenvalue weighted by molar-refractivity contribution is 5.97. The highest BCUT2D eigenvalue weighted by Gasteiger charge is 2.35. The zero-order chi connectivity index (χ0) is 22.7. The van der Waals surface area contributed by atoms with Gasteiger partial charge in [0.1, 0.15) is 0 Å². The molecular formula is C33H22N2. The van der Waals surface area contributed by atoms with Crippen LogP contribution in [0.2, 0.25) is 0 Å². The number of anilines is 3. The van der Waals surface area contributed by atoms with Crippen LogP contribution < -0.4 is 4.90 Å². The summed E-state index contributed by atoms with van der Waals surface area (Å²) < 4.78 is 0. The van der Waals surface area contributed by atoms with Crippen molar-refractivity contribution in [1.29, 1.82) is 0 Å². The number of benzene rings is 4. The lowest BCUT2D eigenvalue weighted by atomic mass is 9.86. The molecule has 164 valence electrons. The molecule has 35 heavy (non-hydrogen) atoms. The van der Waals surface area contributed by atoms with Crippen molar-refractivity contribution in [2.75, 3.05) is 4.90 Å². The third-order valence-corrected chi connectivity index (χ3v) is 8.52. The Hall–Kier alpha value is -4.17. The van der Waals surface area contributed by atoms with E-state index >= 15 is 0 Å². The van der Waals surface area contributed by atoms with Crippen molar-refractivity contribution in [2.24, 2.45) is 0 Å². The Bertz CT molecular complexity index is 1760. The Morgan fingerprint density at radius 1 is 0.514 bits per heavy atom. The molecule has 0 atom stereocenters. The molecule has 0 unspecified atom stereocenters. The number of hydrogen-bond acceptors (Lipinski definition) is 2. The molecule has 0 N–H and O–H groups in total. The number of aromatic nitrogens is 1. The van der Waals surface area contributed by atoms with Gasteiger partial charge in [0.25, 0.3) is 0 Å². The van der Waals surface area contributed by atoms with Crippen LogP contribution >= 0.6 is 0 Å². The molecule has 2 heteroatoms. The molecule has 2 nitrogen and oxygen atoms in total. The van der Waals surface area contributed by atoms with Gasteiger partial charge in [0.15, 0.2) is 0 Å². The number of hydrogen-bond donors (Lipinski definition) is 0. The summed E-state index contributed by atoms with van der Waals surface area (Å²) in [5.74, 6) is 0. The predicted octanol–water partition coefficient (Wildman–Crippen LogP) is 7.50. The average molecular weight is 447 g/mol. The van der Waals surface area contributed by atoms with Crippen molar-refractivity contribution in [3.05, 3.63) is 130 Å². The number of nitrogens with zero attached hydrogens (tertiary/aromatic N) is 2. The molecule has 4 aliphatic rings. The standard InChI is InChI=1S/C33H22N2/c1-3-7-26-19(5-1)13-21-9-10-22-14-24-18-30-25(16-27(24)32(22)31(21)26)15-23-11-12-34-28-17-20-6-2-4-8-29(20)35(30)33(23)28/h1-12,16,18H,13-15,17H2. The normalized spacial score (nSPS) is 14.9. The SMILES string of the molecule is c1ccc2c(c1)Cc1ccc3c(c1-2)-c1cc2c(cc1C3)N1c3ccccc3Cc3nccc(c31)C2. The van der Waals surface area contributed by atoms with E-state index in [2.05, 4.69) is 83.8 Å². The lowest BCUT2D eigenvalue weighted by molar-refractivity contribution is 0.959. The van der Waals surface area contributed by atoms with Crippen LogP contribution in [0.5, 0.6) is 0 Å². The van der Waals surface area contributed by atoms with Gasteiger partial charge in [-0.15, -0.1) is 0 Å². The molecule has 0 amide bonds. The zero-order valence-electron chi connectivity index (χ0n) is 19.3. The highest BCUT2D eigenvalue weighted by atomic mass is 15.2. The fraction of sp³-hybridized carbons (Fsp3) is 0.121. The van der Waals surface area contributed by atoms with E-state index in [9.17, 15) is 0 Å². The van der Waals surface area contributed by atoms with Gasteiger partial charge in [-0.2, -0.15) is 0 Å². The molecule has 0 bridgehead atoms. The van der Waals surface area contributed by atoms with E-state index in [-0.39, 0.29) is 0 Å². The first-order chi connectivity index (χ1) is 17.3. The van der Waals surface area contributed by atoms with Gasteiger partial charge >= 0.3 is 0 Å². The van der Waals surface area contributed by atoms with E-state index in [4.69, 9.17) is 4.98 Å². The van der Waals surface area contributed by atoms with Gasteiger partial charge in [0, 0.05) is 24.7 Å². The average Bonchev–Trinajstić information content (AvgIpc) is 3.44. The molecule has 5 aromatic rings. The largest absolute Gasteiger partial charge is 0.308 e. The van der Waals surface area contributed by atoms with E-state index in [0.717, 1.165) is 25.7 Å². The molecule has 9 rings (SSSR count). The van der Waals surface area contributed by atoms with Crippen LogP contribution in [0.25, 0.3) is 22.3 Å². The molecule has 0 radical (unpaired) electrons. The monoisotopic (exact) mass is 446 g/mol. The molecule has 0 saturated carbocycles. The fourth-order valence-corrected chi connectivity index (χ4v) is 7.05.